The van der Waals surface area contributed by atoms with Crippen LogP contribution in [0, 0.1) is 10.1 Å². The standard InChI is InChI=1S/C11H9N3O3/c15-10-4-2-1-3-9(10)13-11-6-5-8(7-12-11)14(16)17/h1-7,15H,(H,12,13). The number of phenols is 1. The Bertz CT molecular complexity index is 540. The first-order valence-corrected chi connectivity index (χ1v) is 4.82. The number of aromatic nitrogens is 1. The molecule has 0 saturated heterocycles. The molecule has 0 atom stereocenters. The zero-order valence-electron chi connectivity index (χ0n) is 8.70. The maximum atomic E-state index is 10.4. The van der Waals surface area contributed by atoms with Gasteiger partial charge in [0.1, 0.15) is 17.8 Å². The van der Waals surface area contributed by atoms with Crippen LogP contribution < -0.4 is 5.32 Å². The van der Waals surface area contributed by atoms with Gasteiger partial charge in [0.25, 0.3) is 5.69 Å². The summed E-state index contributed by atoms with van der Waals surface area (Å²) >= 11 is 0. The molecule has 1 aromatic heterocycles. The highest BCUT2D eigenvalue weighted by atomic mass is 16.6. The van der Waals surface area contributed by atoms with Crippen LogP contribution in [0.5, 0.6) is 5.75 Å². The van der Waals surface area contributed by atoms with Crippen LogP contribution in [-0.4, -0.2) is 15.0 Å². The first-order chi connectivity index (χ1) is 8.16. The molecule has 2 aromatic rings. The molecule has 86 valence electrons. The zero-order valence-corrected chi connectivity index (χ0v) is 8.70. The van der Waals surface area contributed by atoms with Crippen molar-refractivity contribution in [3.8, 4) is 5.75 Å². The third kappa shape index (κ3) is 2.49. The Morgan fingerprint density at radius 1 is 1.24 bits per heavy atom. The fourth-order valence-corrected chi connectivity index (χ4v) is 1.29. The number of nitrogens with one attached hydrogen (secondary N) is 1. The molecule has 2 rings (SSSR count). The molecule has 1 heterocycles. The number of pyridine rings is 1. The van der Waals surface area contributed by atoms with Gasteiger partial charge in [0.15, 0.2) is 0 Å². The molecule has 6 nitrogen and oxygen atoms in total. The van der Waals surface area contributed by atoms with Crippen molar-refractivity contribution in [3.05, 3.63) is 52.7 Å². The van der Waals surface area contributed by atoms with Crippen LogP contribution in [0.25, 0.3) is 0 Å². The molecule has 2 N–H and O–H groups in total. The van der Waals surface area contributed by atoms with E-state index in [0.717, 1.165) is 6.20 Å². The Morgan fingerprint density at radius 3 is 2.59 bits per heavy atom. The smallest absolute Gasteiger partial charge is 0.287 e. The largest absolute Gasteiger partial charge is 0.506 e. The molecule has 0 amide bonds. The van der Waals surface area contributed by atoms with Crippen molar-refractivity contribution in [1.82, 2.24) is 4.98 Å². The van der Waals surface area contributed by atoms with E-state index in [-0.39, 0.29) is 11.4 Å². The Hall–Kier alpha value is -2.63. The average Bonchev–Trinajstić information content (AvgIpc) is 2.33. The third-order valence-corrected chi connectivity index (χ3v) is 2.13. The fourth-order valence-electron chi connectivity index (χ4n) is 1.29. The van der Waals surface area contributed by atoms with E-state index in [2.05, 4.69) is 10.3 Å². The second kappa shape index (κ2) is 4.48. The SMILES string of the molecule is O=[N+]([O-])c1ccc(Nc2ccccc2O)nc1. The minimum absolute atomic E-state index is 0.0761. The lowest BCUT2D eigenvalue weighted by Gasteiger charge is -2.06. The molecule has 0 spiro atoms. The molecule has 0 unspecified atom stereocenters. The molecular formula is C11H9N3O3. The van der Waals surface area contributed by atoms with E-state index in [0.29, 0.717) is 11.5 Å². The van der Waals surface area contributed by atoms with E-state index >= 15 is 0 Å². The molecule has 0 aliphatic rings. The maximum Gasteiger partial charge on any atom is 0.287 e. The Kier molecular flexibility index (Phi) is 2.87. The molecule has 0 aliphatic heterocycles. The minimum atomic E-state index is -0.517. The maximum absolute atomic E-state index is 10.4. The Balaban J connectivity index is 2.20. The van der Waals surface area contributed by atoms with E-state index in [4.69, 9.17) is 0 Å². The number of benzene rings is 1. The lowest BCUT2D eigenvalue weighted by atomic mass is 10.3. The molecule has 0 fully saturated rings. The van der Waals surface area contributed by atoms with Crippen molar-refractivity contribution in [2.75, 3.05) is 5.32 Å². The van der Waals surface area contributed by atoms with Crippen molar-refractivity contribution in [1.29, 1.82) is 0 Å². The van der Waals surface area contributed by atoms with Gasteiger partial charge >= 0.3 is 0 Å². The van der Waals surface area contributed by atoms with Gasteiger partial charge in [-0.3, -0.25) is 10.1 Å². The summed E-state index contributed by atoms with van der Waals surface area (Å²) in [5.74, 6) is 0.518. The summed E-state index contributed by atoms with van der Waals surface area (Å²) in [6.45, 7) is 0. The normalized spacial score (nSPS) is 9.88. The topological polar surface area (TPSA) is 88.3 Å². The number of nitro groups is 1. The van der Waals surface area contributed by atoms with E-state index < -0.39 is 4.92 Å². The third-order valence-electron chi connectivity index (χ3n) is 2.13. The number of para-hydroxylation sites is 2. The van der Waals surface area contributed by atoms with Gasteiger partial charge in [-0.25, -0.2) is 4.98 Å². The van der Waals surface area contributed by atoms with E-state index in [1.807, 2.05) is 0 Å². The van der Waals surface area contributed by atoms with Gasteiger partial charge < -0.3 is 10.4 Å². The van der Waals surface area contributed by atoms with Gasteiger partial charge in [-0.2, -0.15) is 0 Å². The summed E-state index contributed by atoms with van der Waals surface area (Å²) in [7, 11) is 0. The van der Waals surface area contributed by atoms with Crippen LogP contribution in [0.3, 0.4) is 0 Å². The van der Waals surface area contributed by atoms with Crippen LogP contribution in [0.15, 0.2) is 42.6 Å². The van der Waals surface area contributed by atoms with Crippen LogP contribution in [0.1, 0.15) is 0 Å². The molecule has 0 saturated carbocycles. The zero-order chi connectivity index (χ0) is 12.3. The number of hydrogen-bond donors (Lipinski definition) is 2. The molecule has 17 heavy (non-hydrogen) atoms. The molecule has 0 radical (unpaired) electrons. The van der Waals surface area contributed by atoms with E-state index in [1.54, 1.807) is 18.2 Å². The lowest BCUT2D eigenvalue weighted by Crippen LogP contribution is -1.95. The molecule has 0 bridgehead atoms. The number of rotatable bonds is 3. The quantitative estimate of drug-likeness (QED) is 0.481. The fraction of sp³-hybridized carbons (Fsp3) is 0. The number of nitrogens with zero attached hydrogens (tertiary/aromatic N) is 2. The summed E-state index contributed by atoms with van der Waals surface area (Å²) in [6.07, 6.45) is 1.16. The molecule has 6 heteroatoms. The number of anilines is 2. The van der Waals surface area contributed by atoms with Gasteiger partial charge in [-0.15, -0.1) is 0 Å². The van der Waals surface area contributed by atoms with Gasteiger partial charge in [0.05, 0.1) is 10.6 Å². The van der Waals surface area contributed by atoms with Gasteiger partial charge in [-0.05, 0) is 18.2 Å². The molecule has 0 aliphatic carbocycles. The number of phenolic OH excluding ortho intramolecular Hbond substituents is 1. The second-order valence-electron chi connectivity index (χ2n) is 3.30. The van der Waals surface area contributed by atoms with Gasteiger partial charge in [0.2, 0.25) is 0 Å². The average molecular weight is 231 g/mol. The second-order valence-corrected chi connectivity index (χ2v) is 3.30. The summed E-state index contributed by atoms with van der Waals surface area (Å²) < 4.78 is 0. The molecular weight excluding hydrogens is 222 g/mol. The lowest BCUT2D eigenvalue weighted by molar-refractivity contribution is -0.385. The number of aromatic hydroxyl groups is 1. The van der Waals surface area contributed by atoms with Crippen molar-refractivity contribution in [2.45, 2.75) is 0 Å². The monoisotopic (exact) mass is 231 g/mol. The minimum Gasteiger partial charge on any atom is -0.506 e. The van der Waals surface area contributed by atoms with Gasteiger partial charge in [0, 0.05) is 6.07 Å². The first kappa shape index (κ1) is 10.9. The van der Waals surface area contributed by atoms with E-state index in [9.17, 15) is 15.2 Å². The predicted octanol–water partition coefficient (Wildman–Crippen LogP) is 2.44. The first-order valence-electron chi connectivity index (χ1n) is 4.82. The Labute approximate surface area is 96.7 Å². The van der Waals surface area contributed by atoms with Crippen molar-refractivity contribution in [2.24, 2.45) is 0 Å². The molecule has 1 aromatic carbocycles. The number of hydrogen-bond acceptors (Lipinski definition) is 5. The van der Waals surface area contributed by atoms with Crippen molar-refractivity contribution in [3.63, 3.8) is 0 Å². The van der Waals surface area contributed by atoms with Crippen molar-refractivity contribution < 1.29 is 10.0 Å². The highest BCUT2D eigenvalue weighted by Gasteiger charge is 2.06. The van der Waals surface area contributed by atoms with Crippen LogP contribution >= 0.6 is 0 Å². The summed E-state index contributed by atoms with van der Waals surface area (Å²) in [5.41, 5.74) is 0.418. The van der Waals surface area contributed by atoms with Crippen molar-refractivity contribution >= 4 is 17.2 Å². The van der Waals surface area contributed by atoms with Gasteiger partial charge in [-0.1, -0.05) is 12.1 Å². The van der Waals surface area contributed by atoms with Crippen LogP contribution in [-0.2, 0) is 0 Å². The predicted molar refractivity (Wildman–Crippen MR) is 62.3 cm³/mol. The van der Waals surface area contributed by atoms with Crippen LogP contribution in [0.4, 0.5) is 17.2 Å². The highest BCUT2D eigenvalue weighted by molar-refractivity contribution is 5.63. The summed E-state index contributed by atoms with van der Waals surface area (Å²) in [5, 5.41) is 22.8. The summed E-state index contributed by atoms with van der Waals surface area (Å²) in [6, 6.07) is 9.49. The van der Waals surface area contributed by atoms with Crippen LogP contribution in [0.2, 0.25) is 0 Å². The summed E-state index contributed by atoms with van der Waals surface area (Å²) in [4.78, 5) is 13.8. The highest BCUT2D eigenvalue weighted by Crippen LogP contribution is 2.25. The van der Waals surface area contributed by atoms with E-state index in [1.165, 1.54) is 18.2 Å². The Morgan fingerprint density at radius 2 is 2.00 bits per heavy atom.